The molecule has 0 spiro atoms. The average molecular weight is 256 g/mol. The zero-order valence-electron chi connectivity index (χ0n) is 12.1. The lowest BCUT2D eigenvalue weighted by Gasteiger charge is -2.35. The standard InChI is InChI=1S/C18H24O/c1-6-12-19-18(13-15(2)3,14-16(4)5)17-10-8-7-9-11-17/h6-11H,1-2,4,12-14H2,3,5H3. The number of benzene rings is 1. The van der Waals surface area contributed by atoms with E-state index in [9.17, 15) is 0 Å². The molecular formula is C18H24O. The van der Waals surface area contributed by atoms with Crippen molar-refractivity contribution < 1.29 is 4.74 Å². The summed E-state index contributed by atoms with van der Waals surface area (Å²) in [6.45, 7) is 16.4. The zero-order chi connectivity index (χ0) is 14.3. The highest BCUT2D eigenvalue weighted by Gasteiger charge is 2.32. The van der Waals surface area contributed by atoms with Gasteiger partial charge in [-0.3, -0.25) is 0 Å². The van der Waals surface area contributed by atoms with Gasteiger partial charge in [-0.05, 0) is 19.4 Å². The highest BCUT2D eigenvalue weighted by molar-refractivity contribution is 5.27. The second-order valence-electron chi connectivity index (χ2n) is 5.23. The van der Waals surface area contributed by atoms with Gasteiger partial charge in [0.25, 0.3) is 0 Å². The van der Waals surface area contributed by atoms with Crippen LogP contribution in [0.3, 0.4) is 0 Å². The van der Waals surface area contributed by atoms with Crippen LogP contribution in [0.1, 0.15) is 32.3 Å². The van der Waals surface area contributed by atoms with Gasteiger partial charge < -0.3 is 4.74 Å². The van der Waals surface area contributed by atoms with Gasteiger partial charge in [0.15, 0.2) is 0 Å². The summed E-state index contributed by atoms with van der Waals surface area (Å²) in [6.07, 6.45) is 3.37. The maximum Gasteiger partial charge on any atom is 0.101 e. The molecule has 0 N–H and O–H groups in total. The summed E-state index contributed by atoms with van der Waals surface area (Å²) in [6, 6.07) is 10.3. The fourth-order valence-corrected chi connectivity index (χ4v) is 2.39. The summed E-state index contributed by atoms with van der Waals surface area (Å²) in [5, 5.41) is 0. The molecule has 1 nitrogen and oxygen atoms in total. The van der Waals surface area contributed by atoms with Crippen LogP contribution < -0.4 is 0 Å². The smallest absolute Gasteiger partial charge is 0.101 e. The normalized spacial score (nSPS) is 11.1. The Labute approximate surface area is 117 Å². The summed E-state index contributed by atoms with van der Waals surface area (Å²) in [5.41, 5.74) is 3.00. The number of hydrogen-bond donors (Lipinski definition) is 0. The van der Waals surface area contributed by atoms with Crippen molar-refractivity contribution in [3.05, 3.63) is 72.9 Å². The molecule has 0 atom stereocenters. The maximum atomic E-state index is 6.15. The van der Waals surface area contributed by atoms with Crippen LogP contribution in [0.5, 0.6) is 0 Å². The topological polar surface area (TPSA) is 9.23 Å². The Morgan fingerprint density at radius 3 is 2.05 bits per heavy atom. The fourth-order valence-electron chi connectivity index (χ4n) is 2.39. The van der Waals surface area contributed by atoms with Crippen LogP contribution in [0.4, 0.5) is 0 Å². The van der Waals surface area contributed by atoms with E-state index in [1.54, 1.807) is 6.08 Å². The Morgan fingerprint density at radius 2 is 1.63 bits per heavy atom. The Balaban J connectivity index is 3.19. The molecule has 102 valence electrons. The molecule has 0 fully saturated rings. The van der Waals surface area contributed by atoms with E-state index < -0.39 is 0 Å². The molecule has 0 unspecified atom stereocenters. The van der Waals surface area contributed by atoms with Crippen LogP contribution in [-0.4, -0.2) is 6.61 Å². The molecule has 0 bridgehead atoms. The van der Waals surface area contributed by atoms with Crippen molar-refractivity contribution in [2.45, 2.75) is 32.3 Å². The molecule has 1 rings (SSSR count). The summed E-state index contributed by atoms with van der Waals surface area (Å²) < 4.78 is 6.15. The minimum absolute atomic E-state index is 0.382. The maximum absolute atomic E-state index is 6.15. The summed E-state index contributed by atoms with van der Waals surface area (Å²) in [7, 11) is 0. The summed E-state index contributed by atoms with van der Waals surface area (Å²) >= 11 is 0. The lowest BCUT2D eigenvalue weighted by molar-refractivity contribution is -0.0355. The summed E-state index contributed by atoms with van der Waals surface area (Å²) in [4.78, 5) is 0. The van der Waals surface area contributed by atoms with Crippen LogP contribution >= 0.6 is 0 Å². The van der Waals surface area contributed by atoms with Crippen LogP contribution in [-0.2, 0) is 10.3 Å². The van der Waals surface area contributed by atoms with E-state index in [0.29, 0.717) is 6.61 Å². The number of ether oxygens (including phenoxy) is 1. The lowest BCUT2D eigenvalue weighted by atomic mass is 9.82. The van der Waals surface area contributed by atoms with Gasteiger partial charge in [0, 0.05) is 12.8 Å². The molecule has 1 aromatic rings. The Bertz CT molecular complexity index is 426. The SMILES string of the molecule is C=CCOC(CC(=C)C)(CC(=C)C)c1ccccc1. The predicted molar refractivity (Wildman–Crippen MR) is 83.1 cm³/mol. The first-order valence-corrected chi connectivity index (χ1v) is 6.59. The molecule has 0 saturated carbocycles. The van der Waals surface area contributed by atoms with Crippen molar-refractivity contribution in [1.29, 1.82) is 0 Å². The molecule has 0 amide bonds. The van der Waals surface area contributed by atoms with Gasteiger partial charge in [-0.2, -0.15) is 0 Å². The first-order chi connectivity index (χ1) is 9.00. The zero-order valence-corrected chi connectivity index (χ0v) is 12.1. The second-order valence-corrected chi connectivity index (χ2v) is 5.23. The number of hydrogen-bond acceptors (Lipinski definition) is 1. The molecular weight excluding hydrogens is 232 g/mol. The van der Waals surface area contributed by atoms with Gasteiger partial charge in [0.2, 0.25) is 0 Å². The third-order valence-electron chi connectivity index (χ3n) is 2.95. The molecule has 1 heteroatoms. The first kappa shape index (κ1) is 15.5. The van der Waals surface area contributed by atoms with Crippen molar-refractivity contribution in [2.24, 2.45) is 0 Å². The van der Waals surface area contributed by atoms with Crippen molar-refractivity contribution in [3.8, 4) is 0 Å². The van der Waals surface area contributed by atoms with E-state index in [4.69, 9.17) is 4.74 Å². The Hall–Kier alpha value is -1.60. The second kappa shape index (κ2) is 7.10. The molecule has 0 aromatic heterocycles. The molecule has 0 saturated heterocycles. The molecule has 0 aliphatic carbocycles. The van der Waals surface area contributed by atoms with Crippen molar-refractivity contribution in [3.63, 3.8) is 0 Å². The first-order valence-electron chi connectivity index (χ1n) is 6.59. The van der Waals surface area contributed by atoms with Crippen LogP contribution in [0.2, 0.25) is 0 Å². The van der Waals surface area contributed by atoms with E-state index >= 15 is 0 Å². The van der Waals surface area contributed by atoms with E-state index in [1.165, 1.54) is 5.56 Å². The Morgan fingerprint density at radius 1 is 1.11 bits per heavy atom. The summed E-state index contributed by atoms with van der Waals surface area (Å²) in [5.74, 6) is 0. The van der Waals surface area contributed by atoms with Crippen LogP contribution in [0.25, 0.3) is 0 Å². The third-order valence-corrected chi connectivity index (χ3v) is 2.95. The van der Waals surface area contributed by atoms with Gasteiger partial charge >= 0.3 is 0 Å². The molecule has 0 aliphatic rings. The quantitative estimate of drug-likeness (QED) is 0.594. The van der Waals surface area contributed by atoms with E-state index in [1.807, 2.05) is 32.0 Å². The molecule has 1 aromatic carbocycles. The highest BCUT2D eigenvalue weighted by atomic mass is 16.5. The van der Waals surface area contributed by atoms with Crippen molar-refractivity contribution in [2.75, 3.05) is 6.61 Å². The van der Waals surface area contributed by atoms with Gasteiger partial charge in [0.1, 0.15) is 5.60 Å². The van der Waals surface area contributed by atoms with E-state index in [-0.39, 0.29) is 5.60 Å². The van der Waals surface area contributed by atoms with Gasteiger partial charge in [-0.1, -0.05) is 47.6 Å². The van der Waals surface area contributed by atoms with E-state index in [2.05, 4.69) is 31.9 Å². The number of rotatable bonds is 8. The third kappa shape index (κ3) is 4.53. The van der Waals surface area contributed by atoms with Gasteiger partial charge in [-0.25, -0.2) is 0 Å². The monoisotopic (exact) mass is 256 g/mol. The van der Waals surface area contributed by atoms with E-state index in [0.717, 1.165) is 24.0 Å². The van der Waals surface area contributed by atoms with Crippen molar-refractivity contribution in [1.82, 2.24) is 0 Å². The minimum Gasteiger partial charge on any atom is -0.366 e. The van der Waals surface area contributed by atoms with Crippen molar-refractivity contribution >= 4 is 0 Å². The minimum atomic E-state index is -0.382. The van der Waals surface area contributed by atoms with Gasteiger partial charge in [0.05, 0.1) is 6.61 Å². The molecule has 0 heterocycles. The molecule has 0 radical (unpaired) electrons. The average Bonchev–Trinajstić information content (AvgIpc) is 2.35. The van der Waals surface area contributed by atoms with Crippen LogP contribution in [0.15, 0.2) is 67.3 Å². The van der Waals surface area contributed by atoms with Crippen LogP contribution in [0, 0.1) is 0 Å². The molecule has 19 heavy (non-hydrogen) atoms. The molecule has 0 aliphatic heterocycles. The lowest BCUT2D eigenvalue weighted by Crippen LogP contribution is -2.31. The Kier molecular flexibility index (Phi) is 5.78. The fraction of sp³-hybridized carbons (Fsp3) is 0.333. The highest BCUT2D eigenvalue weighted by Crippen LogP contribution is 2.37. The largest absolute Gasteiger partial charge is 0.366 e. The van der Waals surface area contributed by atoms with Gasteiger partial charge in [-0.15, -0.1) is 19.7 Å². The predicted octanol–water partition coefficient (Wildman–Crippen LogP) is 5.02.